The molecule has 1 aromatic heterocycles. The first-order chi connectivity index (χ1) is 20.2. The van der Waals surface area contributed by atoms with Gasteiger partial charge in [-0.15, -0.1) is 10.2 Å². The van der Waals surface area contributed by atoms with Gasteiger partial charge in [0, 0.05) is 11.3 Å². The van der Waals surface area contributed by atoms with Crippen LogP contribution in [0.25, 0.3) is 16.5 Å². The zero-order valence-electron chi connectivity index (χ0n) is 21.8. The van der Waals surface area contributed by atoms with E-state index >= 15 is 0 Å². The fourth-order valence-corrected chi connectivity index (χ4v) is 7.02. The second kappa shape index (κ2) is 11.5. The summed E-state index contributed by atoms with van der Waals surface area (Å²) < 4.78 is 15.0. The number of thioether (sulfide) groups is 1. The number of ketones is 1. The van der Waals surface area contributed by atoms with Gasteiger partial charge in [0.1, 0.15) is 11.6 Å². The Labute approximate surface area is 258 Å². The van der Waals surface area contributed by atoms with Gasteiger partial charge in [-0.05, 0) is 52.6 Å². The largest absolute Gasteiger partial charge is 0.507 e. The van der Waals surface area contributed by atoms with Crippen LogP contribution < -0.4 is 4.90 Å². The Bertz CT molecular complexity index is 1920. The molecule has 2 heterocycles. The summed E-state index contributed by atoms with van der Waals surface area (Å²) in [5.41, 5.74) is 1.75. The molecule has 1 atom stereocenters. The highest BCUT2D eigenvalue weighted by molar-refractivity contribution is 8.00. The molecule has 1 aliphatic heterocycles. The number of hydrogen-bond acceptors (Lipinski definition) is 7. The number of halogens is 3. The number of amides is 1. The Kier molecular flexibility index (Phi) is 7.76. The van der Waals surface area contributed by atoms with Crippen LogP contribution in [0.1, 0.15) is 28.3 Å². The molecule has 1 saturated heterocycles. The predicted octanol–water partition coefficient (Wildman–Crippen LogP) is 8.36. The number of anilines is 1. The third-order valence-electron chi connectivity index (χ3n) is 6.98. The molecule has 0 aliphatic carbocycles. The molecule has 0 spiro atoms. The molecule has 0 bridgehead atoms. The molecule has 6 rings (SSSR count). The Morgan fingerprint density at radius 2 is 1.79 bits per heavy atom. The van der Waals surface area contributed by atoms with E-state index in [1.807, 2.05) is 24.3 Å². The molecule has 1 amide bonds. The maximum absolute atomic E-state index is 14.4. The maximum atomic E-state index is 14.4. The van der Waals surface area contributed by atoms with E-state index in [9.17, 15) is 19.1 Å². The first kappa shape index (κ1) is 28.4. The smallest absolute Gasteiger partial charge is 0.301 e. The highest BCUT2D eigenvalue weighted by Gasteiger charge is 2.48. The van der Waals surface area contributed by atoms with Gasteiger partial charge in [0.2, 0.25) is 5.13 Å². The maximum Gasteiger partial charge on any atom is 0.301 e. The average molecular weight is 637 g/mol. The Morgan fingerprint density at radius 1 is 1.00 bits per heavy atom. The van der Waals surface area contributed by atoms with Gasteiger partial charge in [0.05, 0.1) is 21.7 Å². The quantitative estimate of drug-likeness (QED) is 0.0663. The lowest BCUT2D eigenvalue weighted by Gasteiger charge is -2.23. The summed E-state index contributed by atoms with van der Waals surface area (Å²) in [5, 5.41) is 22.7. The second-order valence-corrected chi connectivity index (χ2v) is 12.6. The van der Waals surface area contributed by atoms with Crippen molar-refractivity contribution in [3.8, 4) is 0 Å². The lowest BCUT2D eigenvalue weighted by atomic mass is 9.95. The van der Waals surface area contributed by atoms with Crippen LogP contribution in [0.3, 0.4) is 0 Å². The topological polar surface area (TPSA) is 83.4 Å². The van der Waals surface area contributed by atoms with Gasteiger partial charge < -0.3 is 5.11 Å². The fourth-order valence-electron chi connectivity index (χ4n) is 4.84. The van der Waals surface area contributed by atoms with E-state index in [2.05, 4.69) is 28.4 Å². The van der Waals surface area contributed by atoms with Crippen molar-refractivity contribution in [2.75, 3.05) is 4.90 Å². The standard InChI is InChI=1S/C31H20Cl2FN3O3S2/c1-16-9-10-19(14-24(16)34)27(38)25-26(18-11-12-22(32)23(33)13-18)37(29(40)28(25)39)30-35-36-31(42-30)41-15-20-7-4-6-17-5-2-3-8-21(17)20/h2-14,26,38H,15H2,1H3. The SMILES string of the molecule is Cc1ccc(C(O)=C2C(=O)C(=O)N(c3nnc(SCc4cccc5ccccc45)s3)C2c2ccc(Cl)c(Cl)c2)cc1F. The number of carbonyl (C=O) groups is 2. The van der Waals surface area contributed by atoms with Crippen molar-refractivity contribution in [3.05, 3.63) is 123 Å². The molecule has 11 heteroatoms. The lowest BCUT2D eigenvalue weighted by Crippen LogP contribution is -2.29. The number of aliphatic hydroxyl groups is 1. The first-order valence-corrected chi connectivity index (χ1v) is 15.2. The van der Waals surface area contributed by atoms with E-state index in [1.165, 1.54) is 40.9 Å². The molecule has 210 valence electrons. The van der Waals surface area contributed by atoms with Crippen LogP contribution in [0.4, 0.5) is 9.52 Å². The van der Waals surface area contributed by atoms with Crippen LogP contribution in [0, 0.1) is 12.7 Å². The van der Waals surface area contributed by atoms with Gasteiger partial charge in [-0.1, -0.05) is 107 Å². The molecule has 5 aromatic rings. The van der Waals surface area contributed by atoms with Gasteiger partial charge >= 0.3 is 5.91 Å². The predicted molar refractivity (Wildman–Crippen MR) is 166 cm³/mol. The highest BCUT2D eigenvalue weighted by Crippen LogP contribution is 2.45. The van der Waals surface area contributed by atoms with E-state index < -0.39 is 29.3 Å². The molecule has 0 radical (unpaired) electrons. The van der Waals surface area contributed by atoms with E-state index in [0.717, 1.165) is 33.7 Å². The number of rotatable bonds is 6. The van der Waals surface area contributed by atoms with Crippen LogP contribution in [-0.4, -0.2) is 27.0 Å². The fraction of sp³-hybridized carbons (Fsp3) is 0.0968. The molecular formula is C31H20Cl2FN3O3S2. The van der Waals surface area contributed by atoms with E-state index in [4.69, 9.17) is 23.2 Å². The summed E-state index contributed by atoms with van der Waals surface area (Å²) >= 11 is 15.1. The van der Waals surface area contributed by atoms with E-state index in [-0.39, 0.29) is 26.3 Å². The summed E-state index contributed by atoms with van der Waals surface area (Å²) in [7, 11) is 0. The number of Topliss-reactive ketones (excluding diaryl/α,β-unsaturated/α-hetero) is 1. The lowest BCUT2D eigenvalue weighted by molar-refractivity contribution is -0.132. The summed E-state index contributed by atoms with van der Waals surface area (Å²) in [5.74, 6) is -2.30. The second-order valence-electron chi connectivity index (χ2n) is 9.58. The zero-order valence-corrected chi connectivity index (χ0v) is 25.0. The Morgan fingerprint density at radius 3 is 2.57 bits per heavy atom. The molecule has 42 heavy (non-hydrogen) atoms. The van der Waals surface area contributed by atoms with Crippen molar-refractivity contribution in [1.82, 2.24) is 10.2 Å². The number of hydrogen-bond donors (Lipinski definition) is 1. The van der Waals surface area contributed by atoms with Crippen molar-refractivity contribution in [1.29, 1.82) is 0 Å². The normalized spacial score (nSPS) is 16.5. The van der Waals surface area contributed by atoms with Crippen LogP contribution in [-0.2, 0) is 15.3 Å². The number of aliphatic hydroxyl groups excluding tert-OH is 1. The minimum atomic E-state index is -1.10. The van der Waals surface area contributed by atoms with E-state index in [0.29, 0.717) is 21.2 Å². The molecule has 6 nitrogen and oxygen atoms in total. The first-order valence-electron chi connectivity index (χ1n) is 12.7. The minimum absolute atomic E-state index is 0.0600. The summed E-state index contributed by atoms with van der Waals surface area (Å²) in [6.07, 6.45) is 0. The van der Waals surface area contributed by atoms with Crippen LogP contribution >= 0.6 is 46.3 Å². The van der Waals surface area contributed by atoms with Crippen LogP contribution in [0.2, 0.25) is 10.0 Å². The molecule has 1 N–H and O–H groups in total. The summed E-state index contributed by atoms with van der Waals surface area (Å²) in [6, 6.07) is 21.9. The van der Waals surface area contributed by atoms with Gasteiger partial charge in [0.25, 0.3) is 5.78 Å². The van der Waals surface area contributed by atoms with Gasteiger partial charge in [-0.3, -0.25) is 14.5 Å². The van der Waals surface area contributed by atoms with Crippen molar-refractivity contribution in [2.24, 2.45) is 0 Å². The monoisotopic (exact) mass is 635 g/mol. The molecule has 0 saturated carbocycles. The minimum Gasteiger partial charge on any atom is -0.507 e. The Balaban J connectivity index is 1.39. The van der Waals surface area contributed by atoms with Crippen LogP contribution in [0.5, 0.6) is 0 Å². The van der Waals surface area contributed by atoms with Gasteiger partial charge in [0.15, 0.2) is 4.34 Å². The third kappa shape index (κ3) is 5.18. The number of aryl methyl sites for hydroxylation is 1. The molecular weight excluding hydrogens is 616 g/mol. The number of nitrogens with zero attached hydrogens (tertiary/aromatic N) is 3. The van der Waals surface area contributed by atoms with Crippen molar-refractivity contribution >= 4 is 79.7 Å². The number of carbonyl (C=O) groups excluding carboxylic acids is 2. The van der Waals surface area contributed by atoms with Crippen LogP contribution in [0.15, 0.2) is 88.8 Å². The van der Waals surface area contributed by atoms with E-state index in [1.54, 1.807) is 13.0 Å². The van der Waals surface area contributed by atoms with Crippen molar-refractivity contribution in [3.63, 3.8) is 0 Å². The highest BCUT2D eigenvalue weighted by atomic mass is 35.5. The number of aromatic nitrogens is 2. The van der Waals surface area contributed by atoms with Crippen molar-refractivity contribution in [2.45, 2.75) is 23.1 Å². The summed E-state index contributed by atoms with van der Waals surface area (Å²) in [4.78, 5) is 28.1. The van der Waals surface area contributed by atoms with Gasteiger partial charge in [-0.25, -0.2) is 4.39 Å². The third-order valence-corrected chi connectivity index (χ3v) is 9.83. The summed E-state index contributed by atoms with van der Waals surface area (Å²) in [6.45, 7) is 1.58. The zero-order chi connectivity index (χ0) is 29.5. The molecule has 1 fully saturated rings. The molecule has 1 aliphatic rings. The number of benzene rings is 4. The van der Waals surface area contributed by atoms with Crippen molar-refractivity contribution < 1.29 is 19.1 Å². The van der Waals surface area contributed by atoms with Gasteiger partial charge in [-0.2, -0.15) is 0 Å². The molecule has 1 unspecified atom stereocenters. The average Bonchev–Trinajstić information content (AvgIpc) is 3.56. The number of fused-ring (bicyclic) bond motifs is 1. The molecule has 4 aromatic carbocycles. The Hall–Kier alpha value is -3.76.